The topological polar surface area (TPSA) is 24.9 Å². The fraction of sp³-hybridized carbons (Fsp3) is 0.267. The molecule has 1 N–H and O–H groups in total. The lowest BCUT2D eigenvalue weighted by molar-refractivity contribution is 0.965. The molecule has 0 amide bonds. The van der Waals surface area contributed by atoms with Gasteiger partial charge in [-0.2, -0.15) is 0 Å². The number of benzene rings is 1. The number of rotatable bonds is 6. The van der Waals surface area contributed by atoms with Crippen molar-refractivity contribution in [2.24, 2.45) is 0 Å². The van der Waals surface area contributed by atoms with Crippen LogP contribution in [0, 0.1) is 0 Å². The Morgan fingerprint density at radius 3 is 2.84 bits per heavy atom. The van der Waals surface area contributed by atoms with Gasteiger partial charge in [0.05, 0.1) is 5.02 Å². The SMILES string of the molecule is CCCNc1ncccc1CSc1ccccc1Cl. The molecule has 2 rings (SSSR count). The van der Waals surface area contributed by atoms with Crippen LogP contribution >= 0.6 is 23.4 Å². The normalized spacial score (nSPS) is 10.4. The number of hydrogen-bond acceptors (Lipinski definition) is 3. The van der Waals surface area contributed by atoms with Gasteiger partial charge in [0.15, 0.2) is 0 Å². The van der Waals surface area contributed by atoms with Gasteiger partial charge in [-0.05, 0) is 24.6 Å². The number of nitrogens with zero attached hydrogens (tertiary/aromatic N) is 1. The Bertz CT molecular complexity index is 531. The Morgan fingerprint density at radius 1 is 1.21 bits per heavy atom. The maximum absolute atomic E-state index is 6.16. The van der Waals surface area contributed by atoms with Crippen molar-refractivity contribution in [1.29, 1.82) is 0 Å². The van der Waals surface area contributed by atoms with Crippen LogP contribution in [0.2, 0.25) is 5.02 Å². The van der Waals surface area contributed by atoms with Gasteiger partial charge in [0.1, 0.15) is 5.82 Å². The minimum Gasteiger partial charge on any atom is -0.370 e. The maximum Gasteiger partial charge on any atom is 0.129 e. The van der Waals surface area contributed by atoms with E-state index in [1.165, 1.54) is 5.56 Å². The smallest absolute Gasteiger partial charge is 0.129 e. The summed E-state index contributed by atoms with van der Waals surface area (Å²) in [6.45, 7) is 3.09. The highest BCUT2D eigenvalue weighted by Gasteiger charge is 2.05. The van der Waals surface area contributed by atoms with E-state index in [1.807, 2.05) is 36.5 Å². The highest BCUT2D eigenvalue weighted by molar-refractivity contribution is 7.98. The molecule has 2 aromatic rings. The van der Waals surface area contributed by atoms with Crippen molar-refractivity contribution < 1.29 is 0 Å². The third kappa shape index (κ3) is 4.15. The summed E-state index contributed by atoms with van der Waals surface area (Å²) < 4.78 is 0. The fourth-order valence-electron chi connectivity index (χ4n) is 1.67. The molecule has 4 heteroatoms. The minimum absolute atomic E-state index is 0.805. The van der Waals surface area contributed by atoms with Crippen molar-refractivity contribution in [3.8, 4) is 0 Å². The average molecular weight is 293 g/mol. The zero-order chi connectivity index (χ0) is 13.5. The molecule has 0 aliphatic rings. The predicted octanol–water partition coefficient (Wildman–Crippen LogP) is 4.85. The van der Waals surface area contributed by atoms with Gasteiger partial charge >= 0.3 is 0 Å². The quantitative estimate of drug-likeness (QED) is 0.771. The van der Waals surface area contributed by atoms with E-state index in [1.54, 1.807) is 11.8 Å². The molecular formula is C15H17ClN2S. The molecule has 0 fully saturated rings. The third-order valence-corrected chi connectivity index (χ3v) is 4.22. The fourth-order valence-corrected chi connectivity index (χ4v) is 2.90. The van der Waals surface area contributed by atoms with Gasteiger partial charge in [-0.3, -0.25) is 0 Å². The summed E-state index contributed by atoms with van der Waals surface area (Å²) in [5, 5.41) is 4.16. The van der Waals surface area contributed by atoms with Crippen LogP contribution in [0.4, 0.5) is 5.82 Å². The van der Waals surface area contributed by atoms with Crippen molar-refractivity contribution in [1.82, 2.24) is 4.98 Å². The highest BCUT2D eigenvalue weighted by atomic mass is 35.5. The van der Waals surface area contributed by atoms with Crippen molar-refractivity contribution in [2.75, 3.05) is 11.9 Å². The Balaban J connectivity index is 2.05. The molecular weight excluding hydrogens is 276 g/mol. The molecule has 0 aliphatic heterocycles. The van der Waals surface area contributed by atoms with E-state index in [9.17, 15) is 0 Å². The molecule has 0 radical (unpaired) electrons. The predicted molar refractivity (Wildman–Crippen MR) is 84.0 cm³/mol. The molecule has 1 aromatic carbocycles. The van der Waals surface area contributed by atoms with Crippen LogP contribution in [0.15, 0.2) is 47.5 Å². The van der Waals surface area contributed by atoms with Crippen LogP contribution in [0.1, 0.15) is 18.9 Å². The van der Waals surface area contributed by atoms with Crippen LogP contribution in [-0.4, -0.2) is 11.5 Å². The number of hydrogen-bond donors (Lipinski definition) is 1. The van der Waals surface area contributed by atoms with E-state index in [4.69, 9.17) is 11.6 Å². The summed E-state index contributed by atoms with van der Waals surface area (Å²) in [6.07, 6.45) is 2.91. The minimum atomic E-state index is 0.805. The van der Waals surface area contributed by atoms with E-state index in [-0.39, 0.29) is 0 Å². The first-order valence-corrected chi connectivity index (χ1v) is 7.72. The summed E-state index contributed by atoms with van der Waals surface area (Å²) in [6, 6.07) is 12.0. The molecule has 1 aromatic heterocycles. The number of halogens is 1. The molecule has 0 saturated heterocycles. The molecule has 0 bridgehead atoms. The van der Waals surface area contributed by atoms with Crippen molar-refractivity contribution >= 4 is 29.2 Å². The molecule has 1 heterocycles. The Labute approximate surface area is 123 Å². The molecule has 0 unspecified atom stereocenters. The largest absolute Gasteiger partial charge is 0.370 e. The second kappa shape index (κ2) is 7.41. The Hall–Kier alpha value is -1.19. The average Bonchev–Trinajstić information content (AvgIpc) is 2.45. The summed E-state index contributed by atoms with van der Waals surface area (Å²) in [4.78, 5) is 5.50. The van der Waals surface area contributed by atoms with Gasteiger partial charge < -0.3 is 5.32 Å². The molecule has 0 aliphatic carbocycles. The van der Waals surface area contributed by atoms with Crippen molar-refractivity contribution in [3.05, 3.63) is 53.2 Å². The second-order valence-corrected chi connectivity index (χ2v) is 5.58. The molecule has 2 nitrogen and oxygen atoms in total. The number of nitrogens with one attached hydrogen (secondary N) is 1. The van der Waals surface area contributed by atoms with Crippen LogP contribution in [0.3, 0.4) is 0 Å². The van der Waals surface area contributed by atoms with Crippen LogP contribution in [-0.2, 0) is 5.75 Å². The zero-order valence-corrected chi connectivity index (χ0v) is 12.5. The van der Waals surface area contributed by atoms with Gasteiger partial charge in [0.2, 0.25) is 0 Å². The van der Waals surface area contributed by atoms with E-state index in [0.717, 1.165) is 34.5 Å². The lowest BCUT2D eigenvalue weighted by atomic mass is 10.3. The van der Waals surface area contributed by atoms with E-state index < -0.39 is 0 Å². The molecule has 19 heavy (non-hydrogen) atoms. The lowest BCUT2D eigenvalue weighted by Gasteiger charge is -2.10. The number of anilines is 1. The standard InChI is InChI=1S/C15H17ClN2S/c1-2-9-17-15-12(6-5-10-18-15)11-19-14-8-4-3-7-13(14)16/h3-8,10H,2,9,11H2,1H3,(H,17,18). The van der Waals surface area contributed by atoms with Gasteiger partial charge in [0, 0.05) is 29.0 Å². The van der Waals surface area contributed by atoms with Gasteiger partial charge in [-0.1, -0.05) is 36.7 Å². The lowest BCUT2D eigenvalue weighted by Crippen LogP contribution is -2.04. The van der Waals surface area contributed by atoms with Crippen molar-refractivity contribution in [3.63, 3.8) is 0 Å². The third-order valence-electron chi connectivity index (χ3n) is 2.65. The Kier molecular flexibility index (Phi) is 5.55. The Morgan fingerprint density at radius 2 is 2.05 bits per heavy atom. The summed E-state index contributed by atoms with van der Waals surface area (Å²) in [7, 11) is 0. The van der Waals surface area contributed by atoms with Crippen LogP contribution in [0.25, 0.3) is 0 Å². The number of aromatic nitrogens is 1. The number of thioether (sulfide) groups is 1. The van der Waals surface area contributed by atoms with Crippen LogP contribution in [0.5, 0.6) is 0 Å². The monoisotopic (exact) mass is 292 g/mol. The van der Waals surface area contributed by atoms with Crippen molar-refractivity contribution in [2.45, 2.75) is 24.0 Å². The first-order chi connectivity index (χ1) is 9.31. The summed E-state index contributed by atoms with van der Waals surface area (Å²) in [5.41, 5.74) is 1.21. The van der Waals surface area contributed by atoms with E-state index >= 15 is 0 Å². The van der Waals surface area contributed by atoms with Gasteiger partial charge in [-0.15, -0.1) is 11.8 Å². The first kappa shape index (κ1) is 14.2. The van der Waals surface area contributed by atoms with Gasteiger partial charge in [-0.25, -0.2) is 4.98 Å². The summed E-state index contributed by atoms with van der Waals surface area (Å²) in [5.74, 6) is 1.84. The summed E-state index contributed by atoms with van der Waals surface area (Å²) >= 11 is 7.90. The highest BCUT2D eigenvalue weighted by Crippen LogP contribution is 2.30. The van der Waals surface area contributed by atoms with Gasteiger partial charge in [0.25, 0.3) is 0 Å². The molecule has 0 saturated carbocycles. The molecule has 100 valence electrons. The number of pyridine rings is 1. The second-order valence-electron chi connectivity index (χ2n) is 4.16. The van der Waals surface area contributed by atoms with Crippen LogP contribution < -0.4 is 5.32 Å². The molecule has 0 atom stereocenters. The first-order valence-electron chi connectivity index (χ1n) is 6.36. The zero-order valence-electron chi connectivity index (χ0n) is 10.9. The maximum atomic E-state index is 6.16. The van der Waals surface area contributed by atoms with E-state index in [0.29, 0.717) is 0 Å². The molecule has 0 spiro atoms. The van der Waals surface area contributed by atoms with E-state index in [2.05, 4.69) is 23.3 Å².